The van der Waals surface area contributed by atoms with Crippen LogP contribution in [-0.2, 0) is 16.0 Å². The van der Waals surface area contributed by atoms with Gasteiger partial charge in [0.25, 0.3) is 0 Å². The Morgan fingerprint density at radius 2 is 2.35 bits per heavy atom. The summed E-state index contributed by atoms with van der Waals surface area (Å²) >= 11 is 0. The number of anilines is 1. The molecule has 1 fully saturated rings. The van der Waals surface area contributed by atoms with Crippen LogP contribution in [0.25, 0.3) is 0 Å². The molecule has 2 N–H and O–H groups in total. The molecule has 0 unspecified atom stereocenters. The highest BCUT2D eigenvalue weighted by Gasteiger charge is 2.23. The molecule has 1 aromatic heterocycles. The van der Waals surface area contributed by atoms with Crippen LogP contribution in [0.4, 0.5) is 5.69 Å². The van der Waals surface area contributed by atoms with E-state index in [4.69, 9.17) is 15.2 Å². The minimum atomic E-state index is -0.395. The maximum Gasteiger partial charge on any atom is 0.359 e. The van der Waals surface area contributed by atoms with Crippen molar-refractivity contribution in [3.8, 4) is 0 Å². The fraction of sp³-hybridized carbons (Fsp3) is 0.636. The van der Waals surface area contributed by atoms with Crippen LogP contribution in [0.2, 0.25) is 0 Å². The quantitative estimate of drug-likeness (QED) is 0.790. The highest BCUT2D eigenvalue weighted by Crippen LogP contribution is 2.17. The Morgan fingerprint density at radius 3 is 3.00 bits per heavy atom. The van der Waals surface area contributed by atoms with E-state index in [0.717, 1.165) is 12.8 Å². The third-order valence-corrected chi connectivity index (χ3v) is 2.80. The molecular weight excluding hydrogens is 222 g/mol. The van der Waals surface area contributed by atoms with E-state index in [9.17, 15) is 4.79 Å². The summed E-state index contributed by atoms with van der Waals surface area (Å²) in [4.78, 5) is 12.0. The number of rotatable bonds is 3. The number of nitrogens with two attached hydrogens (primary N) is 1. The molecule has 0 amide bonds. The molecule has 0 spiro atoms. The van der Waals surface area contributed by atoms with Gasteiger partial charge in [-0.05, 0) is 6.92 Å². The number of aryl methyl sites for hydroxylation is 1. The molecule has 0 saturated carbocycles. The Bertz CT molecular complexity index is 397. The van der Waals surface area contributed by atoms with Gasteiger partial charge in [0, 0.05) is 19.4 Å². The van der Waals surface area contributed by atoms with Gasteiger partial charge in [0.2, 0.25) is 0 Å². The summed E-state index contributed by atoms with van der Waals surface area (Å²) in [5.41, 5.74) is 6.43. The number of carbonyl (C=O) groups excluding carboxylic acids is 1. The Kier molecular flexibility index (Phi) is 3.63. The van der Waals surface area contributed by atoms with Gasteiger partial charge in [-0.25, -0.2) is 4.79 Å². The Labute approximate surface area is 99.7 Å². The van der Waals surface area contributed by atoms with Crippen molar-refractivity contribution < 1.29 is 14.3 Å². The maximum atomic E-state index is 12.0. The molecule has 1 aliphatic rings. The van der Waals surface area contributed by atoms with E-state index < -0.39 is 5.97 Å². The van der Waals surface area contributed by atoms with Gasteiger partial charge in [0.05, 0.1) is 25.1 Å². The Hall–Kier alpha value is -1.56. The third kappa shape index (κ3) is 2.58. The predicted molar refractivity (Wildman–Crippen MR) is 61.6 cm³/mol. The van der Waals surface area contributed by atoms with Crippen molar-refractivity contribution in [1.82, 2.24) is 9.78 Å². The van der Waals surface area contributed by atoms with Crippen molar-refractivity contribution in [2.24, 2.45) is 0 Å². The Balaban J connectivity index is 2.05. The van der Waals surface area contributed by atoms with E-state index >= 15 is 0 Å². The number of nitrogens with zero attached hydrogens (tertiary/aromatic N) is 2. The van der Waals surface area contributed by atoms with Crippen molar-refractivity contribution in [2.45, 2.75) is 32.4 Å². The monoisotopic (exact) mass is 239 g/mol. The average molecular weight is 239 g/mol. The second kappa shape index (κ2) is 5.18. The summed E-state index contributed by atoms with van der Waals surface area (Å²) in [6.45, 7) is 3.77. The van der Waals surface area contributed by atoms with Gasteiger partial charge >= 0.3 is 5.97 Å². The summed E-state index contributed by atoms with van der Waals surface area (Å²) < 4.78 is 12.2. The van der Waals surface area contributed by atoms with Gasteiger partial charge in [-0.2, -0.15) is 5.10 Å². The number of carbonyl (C=O) groups is 1. The predicted octanol–water partition coefficient (Wildman–Crippen LogP) is 0.821. The minimum absolute atomic E-state index is 0.0733. The number of hydrogen-bond donors (Lipinski definition) is 1. The highest BCUT2D eigenvalue weighted by atomic mass is 16.6. The van der Waals surface area contributed by atoms with Crippen LogP contribution in [0.3, 0.4) is 0 Å². The van der Waals surface area contributed by atoms with Gasteiger partial charge < -0.3 is 15.2 Å². The zero-order valence-electron chi connectivity index (χ0n) is 9.89. The molecule has 2 heterocycles. The zero-order chi connectivity index (χ0) is 12.3. The first kappa shape index (κ1) is 11.9. The summed E-state index contributed by atoms with van der Waals surface area (Å²) in [7, 11) is 0. The maximum absolute atomic E-state index is 12.0. The third-order valence-electron chi connectivity index (χ3n) is 2.80. The topological polar surface area (TPSA) is 79.4 Å². The minimum Gasteiger partial charge on any atom is -0.457 e. The van der Waals surface area contributed by atoms with E-state index in [1.807, 2.05) is 6.92 Å². The van der Waals surface area contributed by atoms with Gasteiger partial charge in [-0.3, -0.25) is 4.68 Å². The fourth-order valence-electron chi connectivity index (χ4n) is 1.86. The molecule has 6 nitrogen and oxygen atoms in total. The van der Waals surface area contributed by atoms with Crippen molar-refractivity contribution in [1.29, 1.82) is 0 Å². The molecule has 0 aliphatic carbocycles. The molecule has 17 heavy (non-hydrogen) atoms. The van der Waals surface area contributed by atoms with Gasteiger partial charge in [-0.15, -0.1) is 0 Å². The molecule has 0 bridgehead atoms. The molecule has 0 atom stereocenters. The smallest absolute Gasteiger partial charge is 0.359 e. The summed E-state index contributed by atoms with van der Waals surface area (Å²) in [6, 6.07) is 0. The Morgan fingerprint density at radius 1 is 1.65 bits per heavy atom. The summed E-state index contributed by atoms with van der Waals surface area (Å²) in [6.07, 6.45) is 2.89. The van der Waals surface area contributed by atoms with E-state index in [1.54, 1.807) is 4.68 Å². The SMILES string of the molecule is CCn1ncc(N)c1C(=O)OC1CCOCC1. The van der Waals surface area contributed by atoms with Crippen LogP contribution in [0.1, 0.15) is 30.3 Å². The lowest BCUT2D eigenvalue weighted by Crippen LogP contribution is -2.27. The number of esters is 1. The molecule has 1 saturated heterocycles. The number of nitrogen functional groups attached to an aromatic ring is 1. The standard InChI is InChI=1S/C11H17N3O3/c1-2-14-10(9(12)7-13-14)11(15)17-8-3-5-16-6-4-8/h7-8H,2-6,12H2,1H3. The lowest BCUT2D eigenvalue weighted by Gasteiger charge is -2.22. The summed E-state index contributed by atoms with van der Waals surface area (Å²) in [5.74, 6) is -0.395. The molecule has 1 aromatic rings. The summed E-state index contributed by atoms with van der Waals surface area (Å²) in [5, 5.41) is 4.01. The highest BCUT2D eigenvalue weighted by molar-refractivity contribution is 5.93. The van der Waals surface area contributed by atoms with Crippen molar-refractivity contribution >= 4 is 11.7 Å². The van der Waals surface area contributed by atoms with Gasteiger partial charge in [0.15, 0.2) is 5.69 Å². The lowest BCUT2D eigenvalue weighted by atomic mass is 10.1. The lowest BCUT2D eigenvalue weighted by molar-refractivity contribution is -0.0166. The van der Waals surface area contributed by atoms with Crippen LogP contribution >= 0.6 is 0 Å². The molecule has 0 aromatic carbocycles. The zero-order valence-corrected chi connectivity index (χ0v) is 9.89. The number of ether oxygens (including phenoxy) is 2. The van der Waals surface area contributed by atoms with E-state index in [-0.39, 0.29) is 6.10 Å². The molecule has 6 heteroatoms. The van der Waals surface area contributed by atoms with Crippen molar-refractivity contribution in [3.63, 3.8) is 0 Å². The van der Waals surface area contributed by atoms with Crippen LogP contribution in [0.5, 0.6) is 0 Å². The van der Waals surface area contributed by atoms with E-state index in [1.165, 1.54) is 6.20 Å². The normalized spacial score (nSPS) is 17.0. The van der Waals surface area contributed by atoms with Gasteiger partial charge in [-0.1, -0.05) is 0 Å². The first-order valence-corrected chi connectivity index (χ1v) is 5.82. The van der Waals surface area contributed by atoms with Gasteiger partial charge in [0.1, 0.15) is 6.10 Å². The van der Waals surface area contributed by atoms with Crippen LogP contribution in [0.15, 0.2) is 6.20 Å². The molecular formula is C11H17N3O3. The van der Waals surface area contributed by atoms with Crippen molar-refractivity contribution in [3.05, 3.63) is 11.9 Å². The average Bonchev–Trinajstić information content (AvgIpc) is 2.71. The number of hydrogen-bond acceptors (Lipinski definition) is 5. The molecule has 2 rings (SSSR count). The molecule has 94 valence electrons. The van der Waals surface area contributed by atoms with Crippen LogP contribution < -0.4 is 5.73 Å². The number of aromatic nitrogens is 2. The van der Waals surface area contributed by atoms with Crippen LogP contribution in [0, 0.1) is 0 Å². The van der Waals surface area contributed by atoms with Crippen LogP contribution in [-0.4, -0.2) is 35.1 Å². The first-order valence-electron chi connectivity index (χ1n) is 5.82. The molecule has 0 radical (unpaired) electrons. The second-order valence-electron chi connectivity index (χ2n) is 3.98. The molecule has 1 aliphatic heterocycles. The fourth-order valence-corrected chi connectivity index (χ4v) is 1.86. The van der Waals surface area contributed by atoms with E-state index in [0.29, 0.717) is 31.1 Å². The van der Waals surface area contributed by atoms with E-state index in [2.05, 4.69) is 5.10 Å². The second-order valence-corrected chi connectivity index (χ2v) is 3.98. The van der Waals surface area contributed by atoms with Crippen molar-refractivity contribution in [2.75, 3.05) is 18.9 Å². The largest absolute Gasteiger partial charge is 0.457 e. The first-order chi connectivity index (χ1) is 8.22.